The average molecular weight is 495 g/mol. The number of anilines is 1. The van der Waals surface area contributed by atoms with E-state index in [4.69, 9.17) is 0 Å². The summed E-state index contributed by atoms with van der Waals surface area (Å²) in [4.78, 5) is 30.8. The van der Waals surface area contributed by atoms with Gasteiger partial charge in [0.15, 0.2) is 5.65 Å². The van der Waals surface area contributed by atoms with Crippen LogP contribution < -0.4 is 5.32 Å². The molecule has 7 heteroatoms. The standard InChI is InChI=1S/C29H26N4O2S/c1-2-3-4-7-20-11-13-21(14-12-20)29(35)32-23-9-5-8-22(18-23)25-15-16-30-28-24(19-31-33(25)28)27(34)26-10-6-17-36-26/h5-6,8-19H,2-4,7H2,1H3,(H,32,35). The number of amides is 1. The Morgan fingerprint density at radius 3 is 2.64 bits per heavy atom. The van der Waals surface area contributed by atoms with Crippen molar-refractivity contribution in [3.05, 3.63) is 106 Å². The number of hydrogen-bond donors (Lipinski definition) is 1. The molecule has 0 aliphatic heterocycles. The van der Waals surface area contributed by atoms with E-state index in [1.807, 2.05) is 66.0 Å². The van der Waals surface area contributed by atoms with Gasteiger partial charge in [-0.25, -0.2) is 9.50 Å². The lowest BCUT2D eigenvalue weighted by Crippen LogP contribution is -2.12. The summed E-state index contributed by atoms with van der Waals surface area (Å²) >= 11 is 1.39. The molecular formula is C29H26N4O2S. The van der Waals surface area contributed by atoms with Crippen LogP contribution in [0.3, 0.4) is 0 Å². The van der Waals surface area contributed by atoms with Gasteiger partial charge in [0.1, 0.15) is 0 Å². The van der Waals surface area contributed by atoms with Crippen molar-refractivity contribution >= 4 is 34.4 Å². The van der Waals surface area contributed by atoms with Gasteiger partial charge in [-0.05, 0) is 60.2 Å². The maximum atomic E-state index is 12.9. The monoisotopic (exact) mass is 494 g/mol. The molecule has 0 aliphatic rings. The Kier molecular flexibility index (Phi) is 7.00. The summed E-state index contributed by atoms with van der Waals surface area (Å²) < 4.78 is 1.67. The van der Waals surface area contributed by atoms with Crippen LogP contribution in [-0.4, -0.2) is 26.3 Å². The SMILES string of the molecule is CCCCCc1ccc(C(=O)Nc2cccc(-c3ccnc4c(C(=O)c5cccs5)cnn34)c2)cc1. The van der Waals surface area contributed by atoms with Gasteiger partial charge < -0.3 is 5.32 Å². The minimum absolute atomic E-state index is 0.0953. The number of thiophene rings is 1. The fourth-order valence-corrected chi connectivity index (χ4v) is 4.85. The quantitative estimate of drug-likeness (QED) is 0.183. The highest BCUT2D eigenvalue weighted by atomic mass is 32.1. The lowest BCUT2D eigenvalue weighted by molar-refractivity contribution is 0.102. The van der Waals surface area contributed by atoms with Crippen molar-refractivity contribution in [2.45, 2.75) is 32.6 Å². The largest absolute Gasteiger partial charge is 0.322 e. The lowest BCUT2D eigenvalue weighted by atomic mass is 10.0. The predicted molar refractivity (Wildman–Crippen MR) is 144 cm³/mol. The van der Waals surface area contributed by atoms with Crippen LogP contribution in [0, 0.1) is 0 Å². The number of rotatable bonds is 9. The van der Waals surface area contributed by atoms with Crippen molar-refractivity contribution in [1.29, 1.82) is 0 Å². The summed E-state index contributed by atoms with van der Waals surface area (Å²) in [5.74, 6) is -0.253. The highest BCUT2D eigenvalue weighted by Gasteiger charge is 2.18. The molecule has 2 aromatic carbocycles. The average Bonchev–Trinajstić information content (AvgIpc) is 3.60. The summed E-state index contributed by atoms with van der Waals surface area (Å²) in [6, 6.07) is 20.9. The molecule has 5 rings (SSSR count). The van der Waals surface area contributed by atoms with Crippen LogP contribution in [0.1, 0.15) is 57.3 Å². The zero-order valence-corrected chi connectivity index (χ0v) is 20.8. The zero-order valence-electron chi connectivity index (χ0n) is 20.0. The number of ketones is 1. The van der Waals surface area contributed by atoms with E-state index in [1.54, 1.807) is 23.0 Å². The highest BCUT2D eigenvalue weighted by molar-refractivity contribution is 7.12. The van der Waals surface area contributed by atoms with Crippen LogP contribution in [0.5, 0.6) is 0 Å². The van der Waals surface area contributed by atoms with Crippen LogP contribution in [-0.2, 0) is 6.42 Å². The van der Waals surface area contributed by atoms with Crippen LogP contribution in [0.2, 0.25) is 0 Å². The Hall–Kier alpha value is -4.10. The van der Waals surface area contributed by atoms with Gasteiger partial charge in [-0.1, -0.05) is 50.1 Å². The Labute approximate surface area is 213 Å². The van der Waals surface area contributed by atoms with Gasteiger partial charge in [0.25, 0.3) is 5.91 Å². The molecule has 1 N–H and O–H groups in total. The van der Waals surface area contributed by atoms with Crippen molar-refractivity contribution in [2.75, 3.05) is 5.32 Å². The van der Waals surface area contributed by atoms with Gasteiger partial charge in [-0.2, -0.15) is 5.10 Å². The number of nitrogens with one attached hydrogen (secondary N) is 1. The van der Waals surface area contributed by atoms with Gasteiger partial charge in [-0.3, -0.25) is 9.59 Å². The van der Waals surface area contributed by atoms with E-state index < -0.39 is 0 Å². The molecule has 180 valence electrons. The lowest BCUT2D eigenvalue weighted by Gasteiger charge is -2.09. The van der Waals surface area contributed by atoms with Crippen molar-refractivity contribution < 1.29 is 9.59 Å². The smallest absolute Gasteiger partial charge is 0.255 e. The number of aromatic nitrogens is 3. The second kappa shape index (κ2) is 10.7. The third-order valence-electron chi connectivity index (χ3n) is 6.09. The molecule has 0 bridgehead atoms. The second-order valence-corrected chi connectivity index (χ2v) is 9.57. The molecule has 0 atom stereocenters. The molecule has 0 saturated carbocycles. The van der Waals surface area contributed by atoms with Gasteiger partial charge in [0.05, 0.1) is 22.3 Å². The van der Waals surface area contributed by atoms with E-state index in [9.17, 15) is 9.59 Å². The summed E-state index contributed by atoms with van der Waals surface area (Å²) in [5, 5.41) is 9.32. The van der Waals surface area contributed by atoms with Crippen LogP contribution >= 0.6 is 11.3 Å². The van der Waals surface area contributed by atoms with E-state index in [0.29, 0.717) is 27.3 Å². The summed E-state index contributed by atoms with van der Waals surface area (Å²) in [7, 11) is 0. The van der Waals surface area contributed by atoms with E-state index >= 15 is 0 Å². The first-order chi connectivity index (χ1) is 17.6. The van der Waals surface area contributed by atoms with Crippen molar-refractivity contribution in [1.82, 2.24) is 14.6 Å². The number of aryl methyl sites for hydroxylation is 1. The molecule has 1 amide bonds. The molecule has 3 heterocycles. The van der Waals surface area contributed by atoms with Crippen molar-refractivity contribution in [3.8, 4) is 11.3 Å². The van der Waals surface area contributed by atoms with Gasteiger partial charge >= 0.3 is 0 Å². The molecule has 0 radical (unpaired) electrons. The predicted octanol–water partition coefficient (Wildman–Crippen LogP) is 6.67. The molecule has 0 fully saturated rings. The number of benzene rings is 2. The minimum Gasteiger partial charge on any atom is -0.322 e. The Balaban J connectivity index is 1.36. The first kappa shape index (κ1) is 23.6. The molecule has 0 unspecified atom stereocenters. The summed E-state index contributed by atoms with van der Waals surface area (Å²) in [5.41, 5.74) is 5.13. The van der Waals surface area contributed by atoms with Crippen LogP contribution in [0.4, 0.5) is 5.69 Å². The molecule has 0 saturated heterocycles. The van der Waals surface area contributed by atoms with Gasteiger partial charge in [0.2, 0.25) is 5.78 Å². The number of nitrogens with zero attached hydrogens (tertiary/aromatic N) is 3. The van der Waals surface area contributed by atoms with Crippen molar-refractivity contribution in [2.24, 2.45) is 0 Å². The number of unbranched alkanes of at least 4 members (excludes halogenated alkanes) is 2. The Bertz CT molecular complexity index is 1500. The topological polar surface area (TPSA) is 76.4 Å². The summed E-state index contributed by atoms with van der Waals surface area (Å²) in [6.07, 6.45) is 7.84. The third-order valence-corrected chi connectivity index (χ3v) is 6.96. The van der Waals surface area contributed by atoms with Gasteiger partial charge in [0, 0.05) is 23.0 Å². The fraction of sp³-hybridized carbons (Fsp3) is 0.172. The minimum atomic E-state index is -0.157. The third kappa shape index (κ3) is 4.97. The molecule has 0 aliphatic carbocycles. The molecule has 6 nitrogen and oxygen atoms in total. The van der Waals surface area contributed by atoms with E-state index in [2.05, 4.69) is 22.3 Å². The summed E-state index contributed by atoms with van der Waals surface area (Å²) in [6.45, 7) is 2.19. The molecule has 0 spiro atoms. The molecule has 36 heavy (non-hydrogen) atoms. The van der Waals surface area contributed by atoms with Crippen LogP contribution in [0.25, 0.3) is 16.9 Å². The zero-order chi connectivity index (χ0) is 24.9. The maximum absolute atomic E-state index is 12.9. The van der Waals surface area contributed by atoms with E-state index in [0.717, 1.165) is 24.1 Å². The first-order valence-electron chi connectivity index (χ1n) is 12.1. The Morgan fingerprint density at radius 2 is 1.86 bits per heavy atom. The van der Waals surface area contributed by atoms with Crippen LogP contribution in [0.15, 0.2) is 84.5 Å². The van der Waals surface area contributed by atoms with E-state index in [-0.39, 0.29) is 11.7 Å². The van der Waals surface area contributed by atoms with Crippen molar-refractivity contribution in [3.63, 3.8) is 0 Å². The normalized spacial score (nSPS) is 11.0. The Morgan fingerprint density at radius 1 is 1.00 bits per heavy atom. The first-order valence-corrected chi connectivity index (χ1v) is 12.9. The number of carbonyl (C=O) groups excluding carboxylic acids is 2. The second-order valence-electron chi connectivity index (χ2n) is 8.62. The fourth-order valence-electron chi connectivity index (χ4n) is 4.17. The number of fused-ring (bicyclic) bond motifs is 1. The van der Waals surface area contributed by atoms with E-state index in [1.165, 1.54) is 29.7 Å². The molecular weight excluding hydrogens is 468 g/mol. The highest BCUT2D eigenvalue weighted by Crippen LogP contribution is 2.25. The number of hydrogen-bond acceptors (Lipinski definition) is 5. The number of carbonyl (C=O) groups is 2. The molecule has 3 aromatic heterocycles. The van der Waals surface area contributed by atoms with Gasteiger partial charge in [-0.15, -0.1) is 11.3 Å². The maximum Gasteiger partial charge on any atom is 0.255 e. The molecule has 5 aromatic rings.